The normalized spacial score (nSPS) is 11.1. The lowest BCUT2D eigenvalue weighted by Gasteiger charge is -2.10. The molecule has 3 aromatic rings. The molecule has 0 spiro atoms. The molecule has 2 aromatic carbocycles. The molecule has 3 rings (SSSR count). The van der Waals surface area contributed by atoms with Crippen LogP contribution in [0.2, 0.25) is 0 Å². The lowest BCUT2D eigenvalue weighted by Crippen LogP contribution is -1.99. The lowest BCUT2D eigenvalue weighted by molar-refractivity contribution is 0.304. The average Bonchev–Trinajstić information content (AvgIpc) is 2.91. The van der Waals surface area contributed by atoms with Gasteiger partial charge in [0.15, 0.2) is 0 Å². The van der Waals surface area contributed by atoms with E-state index in [9.17, 15) is 0 Å². The van der Waals surface area contributed by atoms with Gasteiger partial charge in [0.2, 0.25) is 5.95 Å². The molecule has 0 unspecified atom stereocenters. The lowest BCUT2D eigenvalue weighted by atomic mass is 10.1. The smallest absolute Gasteiger partial charge is 0.221 e. The first-order valence-corrected chi connectivity index (χ1v) is 7.75. The third kappa shape index (κ3) is 3.81. The van der Waals surface area contributed by atoms with E-state index in [-0.39, 0.29) is 0 Å². The van der Waals surface area contributed by atoms with Gasteiger partial charge in [0.25, 0.3) is 0 Å². The Labute approximate surface area is 141 Å². The number of ether oxygens (including phenoxy) is 1. The molecule has 122 valence electrons. The first kappa shape index (κ1) is 15.8. The van der Waals surface area contributed by atoms with Crippen molar-refractivity contribution in [3.8, 4) is 5.75 Å². The highest BCUT2D eigenvalue weighted by Gasteiger charge is 2.03. The third-order valence-corrected chi connectivity index (χ3v) is 3.62. The number of hydrogen-bond acceptors (Lipinski definition) is 4. The maximum absolute atomic E-state index is 5.94. The highest BCUT2D eigenvalue weighted by Crippen LogP contribution is 2.20. The number of nitrogen functional groups attached to an aromatic ring is 1. The van der Waals surface area contributed by atoms with E-state index in [1.165, 1.54) is 0 Å². The van der Waals surface area contributed by atoms with Crippen LogP contribution in [0, 0.1) is 13.8 Å². The highest BCUT2D eigenvalue weighted by molar-refractivity contribution is 5.80. The SMILES string of the molecule is Cc1cn(N=Cc2ccc(C)c(OCc3ccccc3)c2)c(N)n1. The number of anilines is 1. The van der Waals surface area contributed by atoms with Gasteiger partial charge < -0.3 is 10.5 Å². The Morgan fingerprint density at radius 3 is 2.67 bits per heavy atom. The van der Waals surface area contributed by atoms with Crippen LogP contribution >= 0.6 is 0 Å². The minimum atomic E-state index is 0.372. The fourth-order valence-electron chi connectivity index (χ4n) is 2.31. The Morgan fingerprint density at radius 2 is 1.96 bits per heavy atom. The minimum absolute atomic E-state index is 0.372. The standard InChI is InChI=1S/C19H20N4O/c1-14-8-9-17(11-21-23-12-15(2)22-19(23)20)10-18(14)24-13-16-6-4-3-5-7-16/h3-12H,13H2,1-2H3,(H2,20,22). The van der Waals surface area contributed by atoms with E-state index in [4.69, 9.17) is 10.5 Å². The Kier molecular flexibility index (Phi) is 4.61. The molecule has 0 bridgehead atoms. The van der Waals surface area contributed by atoms with Crippen LogP contribution in [-0.2, 0) is 6.61 Å². The summed E-state index contributed by atoms with van der Waals surface area (Å²) in [5.41, 5.74) is 9.78. The first-order valence-electron chi connectivity index (χ1n) is 7.75. The number of nitrogens with two attached hydrogens (primary N) is 1. The van der Waals surface area contributed by atoms with Crippen LogP contribution in [-0.4, -0.2) is 15.9 Å². The average molecular weight is 320 g/mol. The molecule has 0 aliphatic heterocycles. The van der Waals surface area contributed by atoms with Crippen LogP contribution in [0.1, 0.15) is 22.4 Å². The van der Waals surface area contributed by atoms with Gasteiger partial charge in [-0.3, -0.25) is 0 Å². The van der Waals surface area contributed by atoms with Crippen molar-refractivity contribution in [2.24, 2.45) is 5.10 Å². The topological polar surface area (TPSA) is 65.4 Å². The van der Waals surface area contributed by atoms with Crippen LogP contribution in [0.5, 0.6) is 5.75 Å². The summed E-state index contributed by atoms with van der Waals surface area (Å²) in [6.45, 7) is 4.44. The van der Waals surface area contributed by atoms with Crippen molar-refractivity contribution in [3.05, 3.63) is 77.1 Å². The maximum atomic E-state index is 5.94. The molecule has 5 heteroatoms. The fourth-order valence-corrected chi connectivity index (χ4v) is 2.31. The largest absolute Gasteiger partial charge is 0.489 e. The maximum Gasteiger partial charge on any atom is 0.221 e. The molecule has 0 aliphatic carbocycles. The molecule has 0 fully saturated rings. The van der Waals surface area contributed by atoms with Gasteiger partial charge in [-0.1, -0.05) is 42.5 Å². The van der Waals surface area contributed by atoms with E-state index in [1.807, 2.05) is 62.4 Å². The Hall–Kier alpha value is -3.08. The molecule has 2 N–H and O–H groups in total. The van der Waals surface area contributed by atoms with Crippen LogP contribution in [0.25, 0.3) is 0 Å². The molecule has 0 saturated heterocycles. The zero-order valence-corrected chi connectivity index (χ0v) is 13.8. The second-order valence-corrected chi connectivity index (χ2v) is 5.63. The molecule has 0 atom stereocenters. The second kappa shape index (κ2) is 7.00. The zero-order chi connectivity index (χ0) is 16.9. The summed E-state index contributed by atoms with van der Waals surface area (Å²) in [4.78, 5) is 4.12. The number of benzene rings is 2. The molecule has 1 heterocycles. The summed E-state index contributed by atoms with van der Waals surface area (Å²) in [6, 6.07) is 16.1. The summed E-state index contributed by atoms with van der Waals surface area (Å²) in [6.07, 6.45) is 3.53. The van der Waals surface area contributed by atoms with Crippen molar-refractivity contribution in [3.63, 3.8) is 0 Å². The van der Waals surface area contributed by atoms with Crippen LogP contribution < -0.4 is 10.5 Å². The van der Waals surface area contributed by atoms with Gasteiger partial charge in [-0.25, -0.2) is 9.66 Å². The number of imidazole rings is 1. The van der Waals surface area contributed by atoms with Crippen LogP contribution in [0.15, 0.2) is 59.8 Å². The third-order valence-electron chi connectivity index (χ3n) is 3.62. The van der Waals surface area contributed by atoms with Crippen molar-refractivity contribution < 1.29 is 4.74 Å². The Bertz CT molecular complexity index is 853. The zero-order valence-electron chi connectivity index (χ0n) is 13.8. The van der Waals surface area contributed by atoms with Crippen molar-refractivity contribution >= 4 is 12.2 Å². The molecule has 0 radical (unpaired) electrons. The summed E-state index contributed by atoms with van der Waals surface area (Å²) in [5, 5.41) is 4.33. The molecular formula is C19H20N4O. The fraction of sp³-hybridized carbons (Fsp3) is 0.158. The summed E-state index contributed by atoms with van der Waals surface area (Å²) in [5.74, 6) is 1.22. The Balaban J connectivity index is 1.75. The van der Waals surface area contributed by atoms with Gasteiger partial charge >= 0.3 is 0 Å². The molecule has 5 nitrogen and oxygen atoms in total. The van der Waals surface area contributed by atoms with Crippen LogP contribution in [0.4, 0.5) is 5.95 Å². The number of aryl methyl sites for hydroxylation is 2. The number of nitrogens with zero attached hydrogens (tertiary/aromatic N) is 3. The minimum Gasteiger partial charge on any atom is -0.489 e. The van der Waals surface area contributed by atoms with Gasteiger partial charge in [0, 0.05) is 0 Å². The van der Waals surface area contributed by atoms with E-state index < -0.39 is 0 Å². The predicted octanol–water partition coefficient (Wildman–Crippen LogP) is 3.54. The molecule has 1 aromatic heterocycles. The van der Waals surface area contributed by atoms with Gasteiger partial charge in [-0.05, 0) is 36.6 Å². The predicted molar refractivity (Wildman–Crippen MR) is 96.3 cm³/mol. The molecular weight excluding hydrogens is 300 g/mol. The van der Waals surface area contributed by atoms with Crippen LogP contribution in [0.3, 0.4) is 0 Å². The number of rotatable bonds is 5. The first-order chi connectivity index (χ1) is 11.6. The summed E-state index contributed by atoms with van der Waals surface area (Å²) < 4.78 is 7.49. The molecule has 0 aliphatic rings. The van der Waals surface area contributed by atoms with Gasteiger partial charge in [0.05, 0.1) is 18.1 Å². The van der Waals surface area contributed by atoms with Crippen molar-refractivity contribution in [2.45, 2.75) is 20.5 Å². The van der Waals surface area contributed by atoms with E-state index in [0.717, 1.165) is 28.1 Å². The highest BCUT2D eigenvalue weighted by atomic mass is 16.5. The van der Waals surface area contributed by atoms with E-state index in [1.54, 1.807) is 17.1 Å². The molecule has 0 amide bonds. The molecule has 0 saturated carbocycles. The Morgan fingerprint density at radius 1 is 1.17 bits per heavy atom. The van der Waals surface area contributed by atoms with Crippen molar-refractivity contribution in [1.29, 1.82) is 0 Å². The van der Waals surface area contributed by atoms with E-state index in [0.29, 0.717) is 12.6 Å². The van der Waals surface area contributed by atoms with Crippen molar-refractivity contribution in [1.82, 2.24) is 9.66 Å². The summed E-state index contributed by atoms with van der Waals surface area (Å²) >= 11 is 0. The number of hydrogen-bond donors (Lipinski definition) is 1. The van der Waals surface area contributed by atoms with Gasteiger partial charge in [-0.2, -0.15) is 5.10 Å². The van der Waals surface area contributed by atoms with E-state index >= 15 is 0 Å². The monoisotopic (exact) mass is 320 g/mol. The molecule has 24 heavy (non-hydrogen) atoms. The van der Waals surface area contributed by atoms with E-state index in [2.05, 4.69) is 10.1 Å². The van der Waals surface area contributed by atoms with Crippen molar-refractivity contribution in [2.75, 3.05) is 5.73 Å². The quantitative estimate of drug-likeness (QED) is 0.731. The van der Waals surface area contributed by atoms with Gasteiger partial charge in [-0.15, -0.1) is 0 Å². The second-order valence-electron chi connectivity index (χ2n) is 5.63. The van der Waals surface area contributed by atoms with Gasteiger partial charge in [0.1, 0.15) is 12.4 Å². The summed E-state index contributed by atoms with van der Waals surface area (Å²) in [7, 11) is 0. The number of aromatic nitrogens is 2.